The highest BCUT2D eigenvalue weighted by Crippen LogP contribution is 2.54. The summed E-state index contributed by atoms with van der Waals surface area (Å²) < 4.78 is 6.01. The van der Waals surface area contributed by atoms with Gasteiger partial charge in [-0.3, -0.25) is 34.2 Å². The molecule has 2 aromatic carbocycles. The largest absolute Gasteiger partial charge is 0.489 e. The van der Waals surface area contributed by atoms with E-state index in [1.54, 1.807) is 24.3 Å². The van der Waals surface area contributed by atoms with Crippen LogP contribution in [0.4, 0.5) is 5.69 Å². The number of ether oxygens (including phenoxy) is 1. The van der Waals surface area contributed by atoms with E-state index in [-0.39, 0.29) is 23.6 Å². The molecule has 1 saturated heterocycles. The number of rotatable bonds is 7. The first-order chi connectivity index (χ1) is 17.6. The number of aromatic amines is 1. The highest BCUT2D eigenvalue weighted by atomic mass is 35.5. The molecule has 14 heteroatoms. The van der Waals surface area contributed by atoms with Gasteiger partial charge in [0.05, 0.1) is 15.9 Å². The van der Waals surface area contributed by atoms with Gasteiger partial charge in [-0.25, -0.2) is 0 Å². The second kappa shape index (κ2) is 9.65. The molecule has 5 rings (SSSR count). The number of carboxylic acids is 1. The molecule has 3 aromatic rings. The van der Waals surface area contributed by atoms with Gasteiger partial charge in [-0.15, -0.1) is 0 Å². The maximum Gasteiger partial charge on any atom is 0.323 e. The average molecular weight is 562 g/mol. The molecule has 0 aliphatic carbocycles. The summed E-state index contributed by atoms with van der Waals surface area (Å²) in [4.78, 5) is 64.4. The highest BCUT2D eigenvalue weighted by Gasteiger charge is 2.56. The number of amides is 2. The number of hydrogen-bond acceptors (Lipinski definition) is 9. The molecule has 2 aliphatic heterocycles. The zero-order chi connectivity index (χ0) is 26.4. The summed E-state index contributed by atoms with van der Waals surface area (Å²) in [5, 5.41) is 20.7. The number of aliphatic carboxylic acids is 1. The summed E-state index contributed by atoms with van der Waals surface area (Å²) >= 11 is 7.75. The van der Waals surface area contributed by atoms with Crippen LogP contribution in [0.1, 0.15) is 21.9 Å². The van der Waals surface area contributed by atoms with Crippen LogP contribution in [-0.4, -0.2) is 49.5 Å². The van der Waals surface area contributed by atoms with E-state index in [2.05, 4.69) is 4.98 Å². The summed E-state index contributed by atoms with van der Waals surface area (Å²) in [6, 6.07) is 10.8. The summed E-state index contributed by atoms with van der Waals surface area (Å²) in [6.07, 6.45) is 0. The zero-order valence-electron chi connectivity index (χ0n) is 18.6. The third-order valence-corrected chi connectivity index (χ3v) is 8.71. The fourth-order valence-corrected chi connectivity index (χ4v) is 7.12. The molecule has 1 aromatic heterocycles. The molecule has 0 saturated carbocycles. The molecule has 2 N–H and O–H groups in total. The van der Waals surface area contributed by atoms with Crippen molar-refractivity contribution in [2.75, 3.05) is 6.54 Å². The van der Waals surface area contributed by atoms with Gasteiger partial charge in [0, 0.05) is 33.5 Å². The molecule has 3 atom stereocenters. The quantitative estimate of drug-likeness (QED) is 0.251. The lowest BCUT2D eigenvalue weighted by Gasteiger charge is -2.30. The van der Waals surface area contributed by atoms with E-state index < -0.39 is 51.2 Å². The Morgan fingerprint density at radius 2 is 1.89 bits per heavy atom. The smallest absolute Gasteiger partial charge is 0.323 e. The van der Waals surface area contributed by atoms with Crippen molar-refractivity contribution >= 4 is 58.2 Å². The number of nitro groups is 1. The van der Waals surface area contributed by atoms with Gasteiger partial charge in [-0.1, -0.05) is 46.8 Å². The van der Waals surface area contributed by atoms with Gasteiger partial charge >= 0.3 is 10.8 Å². The van der Waals surface area contributed by atoms with Gasteiger partial charge in [-0.05, 0) is 23.8 Å². The van der Waals surface area contributed by atoms with Crippen LogP contribution in [0.15, 0.2) is 52.3 Å². The summed E-state index contributed by atoms with van der Waals surface area (Å²) in [5.74, 6) is -4.60. The molecular formula is C23H16ClN3O8S2. The molecular weight excluding hydrogens is 546 g/mol. The van der Waals surface area contributed by atoms with Crippen molar-refractivity contribution in [1.82, 2.24) is 9.88 Å². The Morgan fingerprint density at radius 3 is 2.57 bits per heavy atom. The molecule has 37 heavy (non-hydrogen) atoms. The van der Waals surface area contributed by atoms with Crippen LogP contribution < -0.4 is 9.61 Å². The number of fused-ring (bicyclic) bond motifs is 2. The number of halogens is 1. The van der Waals surface area contributed by atoms with E-state index in [0.717, 1.165) is 28.7 Å². The Bertz CT molecular complexity index is 1500. The van der Waals surface area contributed by atoms with Crippen molar-refractivity contribution in [3.8, 4) is 5.75 Å². The Balaban J connectivity index is 1.63. The predicted molar refractivity (Wildman–Crippen MR) is 133 cm³/mol. The lowest BCUT2D eigenvalue weighted by molar-refractivity contribution is -0.385. The molecule has 0 bridgehead atoms. The number of likely N-dealkylation sites (tertiary alicyclic amines) is 1. The molecule has 3 heterocycles. The van der Waals surface area contributed by atoms with E-state index in [1.165, 1.54) is 18.2 Å². The van der Waals surface area contributed by atoms with E-state index in [0.29, 0.717) is 19.8 Å². The average Bonchev–Trinajstić information content (AvgIpc) is 3.34. The maximum atomic E-state index is 13.4. The van der Waals surface area contributed by atoms with Crippen LogP contribution in [-0.2, 0) is 21.0 Å². The van der Waals surface area contributed by atoms with Crippen LogP contribution in [0.25, 0.3) is 0 Å². The second-order valence-electron chi connectivity index (χ2n) is 8.30. The lowest BCUT2D eigenvalue weighted by atomic mass is 9.82. The third kappa shape index (κ3) is 4.61. The number of nitrogens with one attached hydrogen (secondary N) is 1. The summed E-state index contributed by atoms with van der Waals surface area (Å²) in [6.45, 7) is -0.733. The van der Waals surface area contributed by atoms with E-state index in [4.69, 9.17) is 16.3 Å². The Morgan fingerprint density at radius 1 is 1.16 bits per heavy atom. The van der Waals surface area contributed by atoms with Gasteiger partial charge in [-0.2, -0.15) is 0 Å². The Hall–Kier alpha value is -3.68. The van der Waals surface area contributed by atoms with Crippen LogP contribution in [0.2, 0.25) is 5.02 Å². The number of carbonyl (C=O) groups is 3. The standard InChI is InChI=1S/C23H16ClN3O8S2/c24-11-3-1-10(2-4-11)9-35-14-6-5-12(27(33)34)7-13(14)16-17-19(36-20-18(16)37-23(32)25-20)22(31)26(21(17)30)8-15(28)29/h1-7,16-17,19H,8-9H2,(H,25,32)(H,28,29)/t16-,17?,19?/m0/s1. The van der Waals surface area contributed by atoms with Gasteiger partial charge in [0.15, 0.2) is 0 Å². The van der Waals surface area contributed by atoms with E-state index in [1.807, 2.05) is 0 Å². The van der Waals surface area contributed by atoms with Gasteiger partial charge in [0.25, 0.3) is 5.69 Å². The fraction of sp³-hybridized carbons (Fsp3) is 0.217. The van der Waals surface area contributed by atoms with Crippen molar-refractivity contribution in [2.24, 2.45) is 5.92 Å². The molecule has 2 unspecified atom stereocenters. The number of thioether (sulfide) groups is 1. The van der Waals surface area contributed by atoms with Crippen molar-refractivity contribution in [1.29, 1.82) is 0 Å². The van der Waals surface area contributed by atoms with Crippen LogP contribution in [0, 0.1) is 16.0 Å². The van der Waals surface area contributed by atoms with Gasteiger partial charge in [0.2, 0.25) is 11.8 Å². The van der Waals surface area contributed by atoms with Crippen molar-refractivity contribution in [2.45, 2.75) is 22.8 Å². The second-order valence-corrected chi connectivity index (χ2v) is 10.9. The van der Waals surface area contributed by atoms with Crippen molar-refractivity contribution < 1.29 is 29.2 Å². The number of thiazole rings is 1. The van der Waals surface area contributed by atoms with E-state index >= 15 is 0 Å². The number of H-pyrrole nitrogens is 1. The van der Waals surface area contributed by atoms with Crippen LogP contribution >= 0.6 is 34.7 Å². The number of nitro benzene ring substituents is 1. The monoisotopic (exact) mass is 561 g/mol. The first-order valence-electron chi connectivity index (χ1n) is 10.8. The first kappa shape index (κ1) is 25.0. The number of carboxylic acid groups (broad SMARTS) is 1. The molecule has 190 valence electrons. The minimum Gasteiger partial charge on any atom is -0.489 e. The topological polar surface area (TPSA) is 160 Å². The number of carbonyl (C=O) groups excluding carboxylic acids is 2. The Kier molecular flexibility index (Phi) is 6.52. The van der Waals surface area contributed by atoms with Gasteiger partial charge < -0.3 is 14.8 Å². The molecule has 2 amide bonds. The predicted octanol–water partition coefficient (Wildman–Crippen LogP) is 3.25. The maximum absolute atomic E-state index is 13.4. The first-order valence-corrected chi connectivity index (χ1v) is 12.8. The zero-order valence-corrected chi connectivity index (χ0v) is 21.0. The summed E-state index contributed by atoms with van der Waals surface area (Å²) in [7, 11) is 0. The van der Waals surface area contributed by atoms with Crippen LogP contribution in [0.5, 0.6) is 5.75 Å². The third-order valence-electron chi connectivity index (χ3n) is 6.06. The molecule has 1 fully saturated rings. The fourth-order valence-electron chi connectivity index (χ4n) is 4.47. The molecule has 0 radical (unpaired) electrons. The van der Waals surface area contributed by atoms with Gasteiger partial charge in [0.1, 0.15) is 24.2 Å². The normalized spacial score (nSPS) is 20.5. The van der Waals surface area contributed by atoms with E-state index in [9.17, 15) is 34.4 Å². The minimum atomic E-state index is -1.35. The molecule has 2 aliphatic rings. The molecule has 11 nitrogen and oxygen atoms in total. The number of nitrogens with zero attached hydrogens (tertiary/aromatic N) is 2. The number of aromatic nitrogens is 1. The van der Waals surface area contributed by atoms with Crippen molar-refractivity contribution in [3.05, 3.63) is 83.3 Å². The number of hydrogen-bond donors (Lipinski definition) is 2. The van der Waals surface area contributed by atoms with Crippen LogP contribution in [0.3, 0.4) is 0 Å². The summed E-state index contributed by atoms with van der Waals surface area (Å²) in [5.41, 5.74) is 0.734. The number of non-ortho nitro benzene ring substituents is 1. The molecule has 0 spiro atoms. The number of benzene rings is 2. The highest BCUT2D eigenvalue weighted by molar-refractivity contribution is 8.00. The number of imide groups is 1. The lowest BCUT2D eigenvalue weighted by Crippen LogP contribution is -2.36. The minimum absolute atomic E-state index is 0.0752. The SMILES string of the molecule is O=C(O)CN1C(=O)C2Sc3[nH]c(=O)sc3[C@@H](c3cc([N+](=O)[O-])ccc3OCc3ccc(Cl)cc3)C2C1=O. The van der Waals surface area contributed by atoms with Crippen molar-refractivity contribution in [3.63, 3.8) is 0 Å². The Labute approximate surface area is 221 Å².